The Bertz CT molecular complexity index is 1540. The Morgan fingerprint density at radius 3 is 1.90 bits per heavy atom. The molecule has 0 saturated heterocycles. The molecule has 3 aromatic rings. The molecule has 3 N–H and O–H groups in total. The van der Waals surface area contributed by atoms with Crippen molar-refractivity contribution in [3.05, 3.63) is 93.5 Å². The van der Waals surface area contributed by atoms with Crippen molar-refractivity contribution in [2.45, 2.75) is 50.5 Å². The number of fused-ring (bicyclic) bond motifs is 6. The second-order valence-electron chi connectivity index (χ2n) is 13.6. The molecule has 0 saturated carbocycles. The summed E-state index contributed by atoms with van der Waals surface area (Å²) in [5.74, 6) is 0.620. The lowest BCUT2D eigenvalue weighted by atomic mass is 9.60. The van der Waals surface area contributed by atoms with E-state index in [1.807, 2.05) is 41.3 Å². The van der Waals surface area contributed by atoms with Crippen molar-refractivity contribution in [2.24, 2.45) is 5.14 Å². The van der Waals surface area contributed by atoms with Gasteiger partial charge in [-0.05, 0) is 78.5 Å². The van der Waals surface area contributed by atoms with Gasteiger partial charge in [-0.25, -0.2) is 4.31 Å². The zero-order valence-corrected chi connectivity index (χ0v) is 32.3. The maximum atomic E-state index is 13.8. The number of carbonyl (C=O) groups excluding carboxylic acids is 2. The smallest absolute Gasteiger partial charge is 0.266 e. The van der Waals surface area contributed by atoms with Gasteiger partial charge in [-0.15, -0.1) is 11.6 Å². The van der Waals surface area contributed by atoms with Crippen LogP contribution in [-0.4, -0.2) is 90.6 Å². The number of anilines is 2. The minimum absolute atomic E-state index is 0.157. The first-order valence-electron chi connectivity index (χ1n) is 17.3. The summed E-state index contributed by atoms with van der Waals surface area (Å²) in [6.07, 6.45) is 5.51. The number of nitrogens with two attached hydrogens (primary N) is 1. The molecule has 9 nitrogen and oxygen atoms in total. The third-order valence-corrected chi connectivity index (χ3v) is 10.5. The summed E-state index contributed by atoms with van der Waals surface area (Å²) in [5.41, 5.74) is 7.02. The number of ether oxygens (including phenoxy) is 2. The van der Waals surface area contributed by atoms with Crippen molar-refractivity contribution >= 4 is 47.3 Å². The Hall–Kier alpha value is -3.12. The number of aldehydes is 1. The van der Waals surface area contributed by atoms with Crippen LogP contribution in [0.4, 0.5) is 11.4 Å². The summed E-state index contributed by atoms with van der Waals surface area (Å²) in [6.45, 7) is 8.37. The number of hydrogen-bond donors (Lipinski definition) is 2. The molecule has 1 spiro atoms. The van der Waals surface area contributed by atoms with E-state index < -0.39 is 5.54 Å². The van der Waals surface area contributed by atoms with E-state index in [2.05, 4.69) is 65.4 Å². The summed E-state index contributed by atoms with van der Waals surface area (Å²) in [5, 5.41) is 9.28. The van der Waals surface area contributed by atoms with Crippen molar-refractivity contribution in [3.8, 4) is 0 Å². The molecule has 0 unspecified atom stereocenters. The topological polar surface area (TPSA) is 100 Å². The predicted octanol–water partition coefficient (Wildman–Crippen LogP) is 6.58. The third-order valence-electron chi connectivity index (χ3n) is 9.60. The number of unbranched alkanes of at least 4 members (excludes halogenated alkanes) is 3. The number of hydrogen-bond acceptors (Lipinski definition) is 9. The maximum absolute atomic E-state index is 13.8. The molecule has 272 valence electrons. The molecular formula is C39H54ClN5O4S. The van der Waals surface area contributed by atoms with E-state index in [0.29, 0.717) is 24.3 Å². The maximum Gasteiger partial charge on any atom is 0.266 e. The molecule has 0 bridgehead atoms. The molecule has 5 rings (SSSR count). The van der Waals surface area contributed by atoms with E-state index in [1.165, 1.54) is 12.8 Å². The van der Waals surface area contributed by atoms with Gasteiger partial charge < -0.3 is 24.6 Å². The van der Waals surface area contributed by atoms with Gasteiger partial charge in [-0.1, -0.05) is 44.9 Å². The van der Waals surface area contributed by atoms with Crippen LogP contribution in [0.2, 0.25) is 0 Å². The molecule has 3 aromatic carbocycles. The minimum Gasteiger partial charge on any atom is -0.379 e. The Labute approximate surface area is 308 Å². The number of nitrogens with zero attached hydrogens (tertiary/aromatic N) is 3. The van der Waals surface area contributed by atoms with Crippen LogP contribution in [0.15, 0.2) is 54.6 Å². The summed E-state index contributed by atoms with van der Waals surface area (Å²) < 4.78 is 12.4. The first kappa shape index (κ1) is 39.7. The number of likely N-dealkylation sites (N-methyl/N-ethyl adjacent to an activating group) is 1. The fourth-order valence-corrected chi connectivity index (χ4v) is 7.69. The third kappa shape index (κ3) is 8.01. The van der Waals surface area contributed by atoms with Gasteiger partial charge in [-0.2, -0.15) is 0 Å². The number of halogens is 1. The predicted molar refractivity (Wildman–Crippen MR) is 208 cm³/mol. The standard InChI is InChI=1S/C28H30N4O2S.C11H24ClNO2/c1-27(2)24-14-18(30(3)4)8-11-21(24)28(22-12-9-19(31(5)6)15-25(22)27)23-13-17(16-33)7-10-20(23)26(34)32(28)35-29;1-13-7-9-15-11-10-14-8-5-3-2-4-6-12/h7-16H,29H2,1-6H3;13H,2-11H2,1H3. The molecule has 1 aliphatic heterocycles. The van der Waals surface area contributed by atoms with Gasteiger partial charge in [0, 0.05) is 92.8 Å². The Morgan fingerprint density at radius 2 is 1.38 bits per heavy atom. The molecule has 0 atom stereocenters. The van der Waals surface area contributed by atoms with E-state index in [0.717, 1.165) is 96.1 Å². The van der Waals surface area contributed by atoms with Crippen LogP contribution in [0, 0.1) is 0 Å². The number of alkyl halides is 1. The highest BCUT2D eigenvalue weighted by Crippen LogP contribution is 2.59. The lowest BCUT2D eigenvalue weighted by Crippen LogP contribution is -2.48. The minimum atomic E-state index is -0.958. The van der Waals surface area contributed by atoms with Gasteiger partial charge in [0.2, 0.25) is 0 Å². The van der Waals surface area contributed by atoms with E-state index >= 15 is 0 Å². The van der Waals surface area contributed by atoms with Gasteiger partial charge in [-0.3, -0.25) is 14.7 Å². The van der Waals surface area contributed by atoms with Crippen molar-refractivity contribution in [2.75, 3.05) is 83.9 Å². The highest BCUT2D eigenvalue weighted by molar-refractivity contribution is 7.95. The molecule has 0 radical (unpaired) electrons. The summed E-state index contributed by atoms with van der Waals surface area (Å²) in [4.78, 5) is 29.7. The lowest BCUT2D eigenvalue weighted by Gasteiger charge is -2.49. The molecule has 11 heteroatoms. The Morgan fingerprint density at radius 1 is 0.800 bits per heavy atom. The highest BCUT2D eigenvalue weighted by atomic mass is 35.5. The van der Waals surface area contributed by atoms with E-state index in [9.17, 15) is 9.59 Å². The van der Waals surface area contributed by atoms with Crippen molar-refractivity contribution in [1.82, 2.24) is 9.62 Å². The van der Waals surface area contributed by atoms with Gasteiger partial charge >= 0.3 is 0 Å². The SMILES string of the molecule is CN(C)c1ccc2c(c1)C(C)(C)c1cc(N(C)C)ccc1C21c2cc(C=O)ccc2C(=O)N1SN.CNCCOCCOCCCCCCCl. The summed E-state index contributed by atoms with van der Waals surface area (Å²) in [6, 6.07) is 18.1. The number of nitrogens with one attached hydrogen (secondary N) is 1. The van der Waals surface area contributed by atoms with E-state index in [1.54, 1.807) is 16.4 Å². The van der Waals surface area contributed by atoms with E-state index in [4.69, 9.17) is 26.2 Å². The van der Waals surface area contributed by atoms with Crippen LogP contribution in [0.5, 0.6) is 0 Å². The molecule has 50 heavy (non-hydrogen) atoms. The van der Waals surface area contributed by atoms with Crippen molar-refractivity contribution < 1.29 is 19.1 Å². The highest BCUT2D eigenvalue weighted by Gasteiger charge is 2.58. The van der Waals surface area contributed by atoms with Crippen LogP contribution in [0.3, 0.4) is 0 Å². The van der Waals surface area contributed by atoms with Crippen LogP contribution >= 0.6 is 23.7 Å². The fraction of sp³-hybridized carbons (Fsp3) is 0.487. The first-order valence-corrected chi connectivity index (χ1v) is 18.7. The Kier molecular flexibility index (Phi) is 14.2. The van der Waals surface area contributed by atoms with Gasteiger partial charge in [0.05, 0.1) is 19.8 Å². The second kappa shape index (κ2) is 17.9. The quantitative estimate of drug-likeness (QED) is 0.0735. The van der Waals surface area contributed by atoms with Crippen LogP contribution in [-0.2, 0) is 20.4 Å². The molecule has 2 aliphatic rings. The average molecular weight is 724 g/mol. The van der Waals surface area contributed by atoms with Gasteiger partial charge in [0.25, 0.3) is 5.91 Å². The summed E-state index contributed by atoms with van der Waals surface area (Å²) in [7, 11) is 10.0. The molecule has 1 aliphatic carbocycles. The zero-order valence-electron chi connectivity index (χ0n) is 30.7. The van der Waals surface area contributed by atoms with E-state index in [-0.39, 0.29) is 11.3 Å². The van der Waals surface area contributed by atoms with Gasteiger partial charge in [0.15, 0.2) is 0 Å². The zero-order chi connectivity index (χ0) is 36.5. The molecule has 0 fully saturated rings. The number of benzene rings is 3. The largest absolute Gasteiger partial charge is 0.379 e. The van der Waals surface area contributed by atoms with Crippen LogP contribution in [0.1, 0.15) is 88.1 Å². The number of carbonyl (C=O) groups is 2. The number of rotatable bonds is 16. The van der Waals surface area contributed by atoms with Gasteiger partial charge in [0.1, 0.15) is 11.8 Å². The van der Waals surface area contributed by atoms with Crippen molar-refractivity contribution in [1.29, 1.82) is 0 Å². The van der Waals surface area contributed by atoms with Crippen LogP contribution < -0.4 is 20.3 Å². The monoisotopic (exact) mass is 723 g/mol. The molecule has 0 aromatic heterocycles. The molecule has 1 heterocycles. The van der Waals surface area contributed by atoms with Crippen LogP contribution in [0.25, 0.3) is 0 Å². The second-order valence-corrected chi connectivity index (χ2v) is 14.6. The van der Waals surface area contributed by atoms with Crippen molar-refractivity contribution in [3.63, 3.8) is 0 Å². The normalized spacial score (nSPS) is 14.8. The fourth-order valence-electron chi connectivity index (χ4n) is 6.85. The Balaban J connectivity index is 0.000000318. The number of amides is 1. The average Bonchev–Trinajstić information content (AvgIpc) is 3.36. The first-order chi connectivity index (χ1) is 24.0. The summed E-state index contributed by atoms with van der Waals surface area (Å²) >= 11 is 6.51. The molecule has 1 amide bonds. The lowest BCUT2D eigenvalue weighted by molar-refractivity contribution is 0.0478. The molecular weight excluding hydrogens is 670 g/mol.